The molecule has 2 atom stereocenters. The van der Waals surface area contributed by atoms with E-state index < -0.39 is 0 Å². The third-order valence-corrected chi connectivity index (χ3v) is 6.59. The van der Waals surface area contributed by atoms with Crippen molar-refractivity contribution in [3.63, 3.8) is 0 Å². The van der Waals surface area contributed by atoms with Crippen LogP contribution in [0.5, 0.6) is 0 Å². The van der Waals surface area contributed by atoms with E-state index in [1.807, 2.05) is 23.6 Å². The summed E-state index contributed by atoms with van der Waals surface area (Å²) in [5.74, 6) is 2.08. The molecule has 4 bridgehead atoms. The average Bonchev–Trinajstić information content (AvgIpc) is 3.20. The summed E-state index contributed by atoms with van der Waals surface area (Å²) in [6.07, 6.45) is 2.55. The first kappa shape index (κ1) is 13.7. The maximum Gasteiger partial charge on any atom is 0.272 e. The van der Waals surface area contributed by atoms with Crippen molar-refractivity contribution in [2.75, 3.05) is 19.6 Å². The summed E-state index contributed by atoms with van der Waals surface area (Å²) in [6.45, 7) is 3.58. The van der Waals surface area contributed by atoms with E-state index in [-0.39, 0.29) is 5.91 Å². The third-order valence-electron chi connectivity index (χ3n) is 5.68. The lowest BCUT2D eigenvalue weighted by Crippen LogP contribution is -2.64. The SMILES string of the molecule is O=C(NC1C2CC3CC1CN(C3)C2)c1cc(-c2cccs2)[nH]n1. The molecular formula is C17H20N4OS. The van der Waals surface area contributed by atoms with Gasteiger partial charge < -0.3 is 10.2 Å². The first-order chi connectivity index (χ1) is 11.3. The molecule has 5 heterocycles. The molecule has 120 valence electrons. The van der Waals surface area contributed by atoms with E-state index in [0.29, 0.717) is 23.6 Å². The van der Waals surface area contributed by atoms with Gasteiger partial charge in [-0.25, -0.2) is 0 Å². The van der Waals surface area contributed by atoms with E-state index >= 15 is 0 Å². The number of carbonyl (C=O) groups excluding carboxylic acids is 1. The summed E-state index contributed by atoms with van der Waals surface area (Å²) in [5.41, 5.74) is 1.42. The molecule has 5 nitrogen and oxygen atoms in total. The van der Waals surface area contributed by atoms with Crippen LogP contribution in [-0.2, 0) is 0 Å². The molecule has 1 aliphatic carbocycles. The Labute approximate surface area is 139 Å². The van der Waals surface area contributed by atoms with Crippen LogP contribution in [0.2, 0.25) is 0 Å². The number of amides is 1. The van der Waals surface area contributed by atoms with Crippen molar-refractivity contribution in [3.05, 3.63) is 29.3 Å². The number of piperidine rings is 3. The van der Waals surface area contributed by atoms with Gasteiger partial charge in [0.2, 0.25) is 0 Å². The standard InChI is InChI=1S/C17H20N4OS/c22-17(14-6-13(19-20-14)15-2-1-3-23-15)18-16-11-4-10-5-12(16)9-21(7-10)8-11/h1-3,6,10-12,16H,4-5,7-9H2,(H,18,22)(H,19,20). The Hall–Kier alpha value is -1.66. The van der Waals surface area contributed by atoms with E-state index in [4.69, 9.17) is 0 Å². The molecule has 2 unspecified atom stereocenters. The summed E-state index contributed by atoms with van der Waals surface area (Å²) in [5, 5.41) is 12.5. The van der Waals surface area contributed by atoms with Crippen molar-refractivity contribution in [3.8, 4) is 10.6 Å². The van der Waals surface area contributed by atoms with Crippen molar-refractivity contribution < 1.29 is 4.79 Å². The minimum atomic E-state index is -0.0310. The molecule has 0 radical (unpaired) electrons. The molecule has 4 fully saturated rings. The van der Waals surface area contributed by atoms with Gasteiger partial charge in [0.1, 0.15) is 0 Å². The fourth-order valence-corrected chi connectivity index (χ4v) is 5.56. The Bertz CT molecular complexity index is 695. The molecule has 0 spiro atoms. The minimum Gasteiger partial charge on any atom is -0.347 e. The van der Waals surface area contributed by atoms with Gasteiger partial charge in [-0.15, -0.1) is 11.3 Å². The maximum atomic E-state index is 12.6. The molecule has 1 amide bonds. The highest BCUT2D eigenvalue weighted by molar-refractivity contribution is 7.13. The van der Waals surface area contributed by atoms with E-state index in [2.05, 4.69) is 20.4 Å². The lowest BCUT2D eigenvalue weighted by Gasteiger charge is -2.55. The van der Waals surface area contributed by atoms with Crippen molar-refractivity contribution in [2.45, 2.75) is 18.9 Å². The van der Waals surface area contributed by atoms with Crippen LogP contribution in [-0.4, -0.2) is 46.7 Å². The first-order valence-electron chi connectivity index (χ1n) is 8.39. The van der Waals surface area contributed by atoms with Gasteiger partial charge in [-0.1, -0.05) is 6.07 Å². The second-order valence-corrected chi connectivity index (χ2v) is 8.17. The number of H-pyrrole nitrogens is 1. The zero-order valence-electron chi connectivity index (χ0n) is 12.9. The van der Waals surface area contributed by atoms with Crippen LogP contribution in [0.3, 0.4) is 0 Å². The van der Waals surface area contributed by atoms with Crippen LogP contribution in [0, 0.1) is 17.8 Å². The number of rotatable bonds is 3. The normalized spacial score (nSPS) is 34.7. The Morgan fingerprint density at radius 2 is 2.13 bits per heavy atom. The van der Waals surface area contributed by atoms with E-state index in [9.17, 15) is 4.79 Å². The van der Waals surface area contributed by atoms with Crippen LogP contribution in [0.4, 0.5) is 0 Å². The van der Waals surface area contributed by atoms with Gasteiger partial charge in [0.05, 0.1) is 10.6 Å². The number of nitrogens with one attached hydrogen (secondary N) is 2. The van der Waals surface area contributed by atoms with Crippen LogP contribution < -0.4 is 5.32 Å². The second kappa shape index (κ2) is 5.18. The smallest absolute Gasteiger partial charge is 0.272 e. The highest BCUT2D eigenvalue weighted by Crippen LogP contribution is 2.43. The molecule has 23 heavy (non-hydrogen) atoms. The number of aromatic amines is 1. The van der Waals surface area contributed by atoms with Crippen molar-refractivity contribution in [1.82, 2.24) is 20.4 Å². The summed E-state index contributed by atoms with van der Waals surface area (Å²) in [4.78, 5) is 16.3. The van der Waals surface area contributed by atoms with Crippen molar-refractivity contribution in [1.29, 1.82) is 0 Å². The molecule has 2 N–H and O–H groups in total. The highest BCUT2D eigenvalue weighted by Gasteiger charge is 2.47. The minimum absolute atomic E-state index is 0.0310. The van der Waals surface area contributed by atoms with E-state index in [1.54, 1.807) is 11.3 Å². The summed E-state index contributed by atoms with van der Waals surface area (Å²) in [7, 11) is 0. The molecule has 3 saturated heterocycles. The molecule has 2 aromatic heterocycles. The van der Waals surface area contributed by atoms with Gasteiger partial charge in [-0.05, 0) is 48.1 Å². The third kappa shape index (κ3) is 2.32. The first-order valence-corrected chi connectivity index (χ1v) is 9.27. The van der Waals surface area contributed by atoms with Crippen LogP contribution in [0.1, 0.15) is 23.3 Å². The molecule has 2 aromatic rings. The Balaban J connectivity index is 1.32. The predicted octanol–water partition coefficient (Wildman–Crippen LogP) is 2.21. The molecule has 4 aliphatic rings. The largest absolute Gasteiger partial charge is 0.347 e. The summed E-state index contributed by atoms with van der Waals surface area (Å²) >= 11 is 1.65. The summed E-state index contributed by atoms with van der Waals surface area (Å²) < 4.78 is 0. The van der Waals surface area contributed by atoms with E-state index in [0.717, 1.165) is 29.6 Å². The Morgan fingerprint density at radius 3 is 2.83 bits per heavy atom. The summed E-state index contributed by atoms with van der Waals surface area (Å²) in [6, 6.07) is 6.23. The number of carbonyl (C=O) groups is 1. The fraction of sp³-hybridized carbons (Fsp3) is 0.529. The van der Waals surface area contributed by atoms with Gasteiger partial charge in [-0.2, -0.15) is 5.10 Å². The van der Waals surface area contributed by atoms with Gasteiger partial charge >= 0.3 is 0 Å². The molecule has 0 aromatic carbocycles. The quantitative estimate of drug-likeness (QED) is 0.908. The van der Waals surface area contributed by atoms with Crippen molar-refractivity contribution in [2.24, 2.45) is 17.8 Å². The van der Waals surface area contributed by atoms with Gasteiger partial charge in [-0.3, -0.25) is 9.89 Å². The Kier molecular flexibility index (Phi) is 3.09. The zero-order chi connectivity index (χ0) is 15.4. The lowest BCUT2D eigenvalue weighted by atomic mass is 9.65. The topological polar surface area (TPSA) is 61.0 Å². The molecule has 1 saturated carbocycles. The van der Waals surface area contributed by atoms with E-state index in [1.165, 1.54) is 19.4 Å². The maximum absolute atomic E-state index is 12.6. The molecule has 6 rings (SSSR count). The monoisotopic (exact) mass is 328 g/mol. The number of aromatic nitrogens is 2. The average molecular weight is 328 g/mol. The van der Waals surface area contributed by atoms with Crippen LogP contribution in [0.25, 0.3) is 10.6 Å². The fourth-order valence-electron chi connectivity index (χ4n) is 4.87. The van der Waals surface area contributed by atoms with Crippen molar-refractivity contribution >= 4 is 17.2 Å². The van der Waals surface area contributed by atoms with Gasteiger partial charge in [0, 0.05) is 25.7 Å². The van der Waals surface area contributed by atoms with Gasteiger partial charge in [0.25, 0.3) is 5.91 Å². The van der Waals surface area contributed by atoms with Gasteiger partial charge in [0.15, 0.2) is 5.69 Å². The second-order valence-electron chi connectivity index (χ2n) is 7.22. The molecule has 6 heteroatoms. The number of thiophene rings is 1. The number of hydrogen-bond acceptors (Lipinski definition) is 4. The van der Waals surface area contributed by atoms with Crippen LogP contribution in [0.15, 0.2) is 23.6 Å². The Morgan fingerprint density at radius 1 is 1.30 bits per heavy atom. The lowest BCUT2D eigenvalue weighted by molar-refractivity contribution is -0.0419. The van der Waals surface area contributed by atoms with Crippen LogP contribution >= 0.6 is 11.3 Å². The zero-order valence-corrected chi connectivity index (χ0v) is 13.7. The molecule has 3 aliphatic heterocycles. The predicted molar refractivity (Wildman–Crippen MR) is 89.3 cm³/mol. The highest BCUT2D eigenvalue weighted by atomic mass is 32.1. The molecular weight excluding hydrogens is 308 g/mol. The number of nitrogens with zero attached hydrogens (tertiary/aromatic N) is 2. The number of hydrogen-bond donors (Lipinski definition) is 2.